The molecule has 376 valence electrons. The normalized spacial score (nSPS) is 12.7. The predicted molar refractivity (Wildman–Crippen MR) is 277 cm³/mol. The van der Waals surface area contributed by atoms with Gasteiger partial charge in [-0.15, -0.1) is 0 Å². The van der Waals surface area contributed by atoms with Crippen LogP contribution in [0.3, 0.4) is 0 Å². The van der Waals surface area contributed by atoms with Crippen molar-refractivity contribution in [2.75, 3.05) is 13.1 Å². The number of amides is 2. The van der Waals surface area contributed by atoms with Crippen LogP contribution in [0.25, 0.3) is 21.5 Å². The van der Waals surface area contributed by atoms with Crippen molar-refractivity contribution in [1.29, 1.82) is 0 Å². The Morgan fingerprint density at radius 1 is 0.521 bits per heavy atom. The molecular weight excluding hydrogens is 941 g/mol. The summed E-state index contributed by atoms with van der Waals surface area (Å²) in [5.74, 6) is -0.462. The molecule has 7 aromatic carbocycles. The lowest BCUT2D eigenvalue weighted by molar-refractivity contribution is -0.133. The fourth-order valence-electron chi connectivity index (χ4n) is 7.93. The van der Waals surface area contributed by atoms with Crippen LogP contribution in [-0.4, -0.2) is 78.0 Å². The molecule has 71 heavy (non-hydrogen) atoms. The Hall–Kier alpha value is -6.66. The molecule has 0 bridgehead atoms. The summed E-state index contributed by atoms with van der Waals surface area (Å²) in [5, 5.41) is 31.9. The van der Waals surface area contributed by atoms with Gasteiger partial charge >= 0.3 is 0 Å². The van der Waals surface area contributed by atoms with E-state index in [1.807, 2.05) is 107 Å². The SMILES string of the molecule is CC(C)CCN([C@H](Cc1ccc(O)cc1)C(=O)NO)S(=O)(=O)c1ccc2ccccc2c1.CC(C)CCN([C@H](Cc1ccc(OCc2ccccc2)cc1)C(=O)NO)S(=O)(=O)c1ccc2ccccc2c1.[HH]. The molecule has 0 aliphatic carbocycles. The minimum atomic E-state index is -4.07. The summed E-state index contributed by atoms with van der Waals surface area (Å²) in [6.45, 7) is 8.60. The molecule has 2 atom stereocenters. The molecule has 0 aliphatic heterocycles. The number of sulfonamides is 2. The highest BCUT2D eigenvalue weighted by Crippen LogP contribution is 2.28. The third-order valence-electron chi connectivity index (χ3n) is 12.0. The third kappa shape index (κ3) is 14.5. The second-order valence-electron chi connectivity index (χ2n) is 18.1. The highest BCUT2D eigenvalue weighted by molar-refractivity contribution is 7.89. The lowest BCUT2D eigenvalue weighted by Gasteiger charge is -2.30. The molecule has 7 rings (SSSR count). The maximum Gasteiger partial charge on any atom is 0.262 e. The van der Waals surface area contributed by atoms with Crippen LogP contribution >= 0.6 is 0 Å². The number of nitrogens with one attached hydrogen (secondary N) is 2. The van der Waals surface area contributed by atoms with E-state index in [9.17, 15) is 41.9 Å². The minimum absolute atomic E-state index is 0. The van der Waals surface area contributed by atoms with E-state index in [2.05, 4.69) is 0 Å². The van der Waals surface area contributed by atoms with Gasteiger partial charge in [0, 0.05) is 14.5 Å². The van der Waals surface area contributed by atoms with Crippen molar-refractivity contribution >= 4 is 53.4 Å². The number of carbonyl (C=O) groups excluding carboxylic acids is 2. The van der Waals surface area contributed by atoms with Crippen molar-refractivity contribution in [3.05, 3.63) is 180 Å². The van der Waals surface area contributed by atoms with Crippen LogP contribution in [0.5, 0.6) is 11.5 Å². The fraction of sp³-hybridized carbons (Fsp3) is 0.273. The quantitative estimate of drug-likeness (QED) is 0.0341. The largest absolute Gasteiger partial charge is 0.508 e. The first-order valence-electron chi connectivity index (χ1n) is 23.4. The molecule has 0 heterocycles. The lowest BCUT2D eigenvalue weighted by atomic mass is 10.0. The maximum absolute atomic E-state index is 14.0. The van der Waals surface area contributed by atoms with Gasteiger partial charge in [-0.3, -0.25) is 20.0 Å². The maximum atomic E-state index is 14.0. The van der Waals surface area contributed by atoms with E-state index in [1.54, 1.807) is 77.7 Å². The number of phenolic OH excluding ortho intramolecular Hbond substituents is 1. The second-order valence-corrected chi connectivity index (χ2v) is 21.9. The number of phenols is 1. The van der Waals surface area contributed by atoms with Crippen molar-refractivity contribution in [2.24, 2.45) is 11.8 Å². The number of hydroxylamine groups is 2. The van der Waals surface area contributed by atoms with Crippen LogP contribution in [0.2, 0.25) is 0 Å². The second kappa shape index (κ2) is 24.9. The van der Waals surface area contributed by atoms with Gasteiger partial charge in [-0.25, -0.2) is 27.8 Å². The number of hydrogen-bond acceptors (Lipinski definition) is 10. The van der Waals surface area contributed by atoms with E-state index in [4.69, 9.17) is 4.74 Å². The zero-order valence-electron chi connectivity index (χ0n) is 40.3. The minimum Gasteiger partial charge on any atom is -0.508 e. The van der Waals surface area contributed by atoms with E-state index >= 15 is 0 Å². The van der Waals surface area contributed by atoms with Crippen LogP contribution in [0, 0.1) is 11.8 Å². The Bertz CT molecular complexity index is 3090. The number of nitrogens with zero attached hydrogens (tertiary/aromatic N) is 2. The Balaban J connectivity index is 0.000000269. The van der Waals surface area contributed by atoms with Gasteiger partial charge < -0.3 is 9.84 Å². The first kappa shape index (κ1) is 53.7. The van der Waals surface area contributed by atoms with Crippen molar-refractivity contribution in [1.82, 2.24) is 19.6 Å². The van der Waals surface area contributed by atoms with Gasteiger partial charge in [-0.05, 0) is 124 Å². The lowest BCUT2D eigenvalue weighted by Crippen LogP contribution is -2.50. The Morgan fingerprint density at radius 2 is 0.915 bits per heavy atom. The zero-order chi connectivity index (χ0) is 51.1. The average molecular weight is 1010 g/mol. The van der Waals surface area contributed by atoms with Crippen molar-refractivity contribution in [3.8, 4) is 11.5 Å². The first-order valence-corrected chi connectivity index (χ1v) is 26.3. The van der Waals surface area contributed by atoms with Gasteiger partial charge in [-0.1, -0.05) is 143 Å². The number of rotatable bonds is 21. The van der Waals surface area contributed by atoms with Crippen molar-refractivity contribution < 1.29 is 48.1 Å². The van der Waals surface area contributed by atoms with Crippen molar-refractivity contribution in [2.45, 2.75) is 81.9 Å². The van der Waals surface area contributed by atoms with Gasteiger partial charge in [0.05, 0.1) is 9.79 Å². The summed E-state index contributed by atoms with van der Waals surface area (Å²) in [6.07, 6.45) is 1.21. The number of benzene rings is 7. The smallest absolute Gasteiger partial charge is 0.262 e. The number of carbonyl (C=O) groups is 2. The Labute approximate surface area is 418 Å². The zero-order valence-corrected chi connectivity index (χ0v) is 41.9. The van der Waals surface area contributed by atoms with Gasteiger partial charge in [0.15, 0.2) is 0 Å². The molecule has 14 nitrogen and oxygen atoms in total. The van der Waals surface area contributed by atoms with Gasteiger partial charge in [0.2, 0.25) is 20.0 Å². The van der Waals surface area contributed by atoms with E-state index in [0.29, 0.717) is 30.8 Å². The number of aromatic hydroxyl groups is 1. The molecule has 0 aliphatic rings. The molecule has 5 N–H and O–H groups in total. The van der Waals surface area contributed by atoms with Crippen molar-refractivity contribution in [3.63, 3.8) is 0 Å². The van der Waals surface area contributed by atoms with Crippen LogP contribution in [0.1, 0.15) is 58.7 Å². The molecule has 0 radical (unpaired) electrons. The van der Waals surface area contributed by atoms with Crippen LogP contribution < -0.4 is 15.7 Å². The van der Waals surface area contributed by atoms with Gasteiger partial charge in [0.25, 0.3) is 11.8 Å². The van der Waals surface area contributed by atoms with Gasteiger partial charge in [-0.2, -0.15) is 8.61 Å². The summed E-state index contributed by atoms with van der Waals surface area (Å²) in [7, 11) is -8.13. The monoisotopic (exact) mass is 1000 g/mol. The summed E-state index contributed by atoms with van der Waals surface area (Å²) in [4.78, 5) is 25.8. The third-order valence-corrected chi connectivity index (χ3v) is 15.8. The van der Waals surface area contributed by atoms with Crippen LogP contribution in [0.4, 0.5) is 0 Å². The Kier molecular flexibility index (Phi) is 18.9. The summed E-state index contributed by atoms with van der Waals surface area (Å²) in [5.41, 5.74) is 5.74. The van der Waals surface area contributed by atoms with E-state index in [0.717, 1.165) is 37.0 Å². The molecule has 0 saturated heterocycles. The molecule has 0 fully saturated rings. The first-order chi connectivity index (χ1) is 34.0. The molecule has 0 saturated carbocycles. The average Bonchev–Trinajstić information content (AvgIpc) is 3.37. The standard InChI is InChI=1S/C31H34N2O5S.C24H28N2O5S.H2/c1-23(2)18-19-33(39(36,37)29-17-14-26-10-6-7-11-27(26)21-29)30(31(34)32-35)20-24-12-15-28(16-13-24)38-22-25-8-4-3-5-9-25;1-17(2)13-14-26(23(24(28)25-29)15-18-7-10-21(27)11-8-18)32(30,31)22-12-9-19-5-3-4-6-20(19)16-22;/h3-17,21,23,30,35H,18-20,22H2,1-2H3,(H,32,34);3-12,16-17,23,27,29H,13-15H2,1-2H3,(H,25,28);1H/t30-;23-;/m11./s1. The van der Waals surface area contributed by atoms with Crippen LogP contribution in [0.15, 0.2) is 174 Å². The summed E-state index contributed by atoms with van der Waals surface area (Å²) < 4.78 is 63.6. The van der Waals surface area contributed by atoms with E-state index in [1.165, 1.54) is 22.5 Å². The Morgan fingerprint density at radius 3 is 1.32 bits per heavy atom. The van der Waals surface area contributed by atoms with Crippen LogP contribution in [-0.2, 0) is 49.1 Å². The molecule has 2 amide bonds. The fourth-order valence-corrected chi connectivity index (χ4v) is 11.2. The number of fused-ring (bicyclic) bond motifs is 2. The topological polar surface area (TPSA) is 203 Å². The van der Waals surface area contributed by atoms with E-state index in [-0.39, 0.29) is 54.7 Å². The molecular formula is C55H64N4O10S2. The number of hydrogen-bond donors (Lipinski definition) is 5. The summed E-state index contributed by atoms with van der Waals surface area (Å²) in [6, 6.07) is 45.7. The highest BCUT2D eigenvalue weighted by atomic mass is 32.2. The molecule has 0 unspecified atom stereocenters. The highest BCUT2D eigenvalue weighted by Gasteiger charge is 2.37. The summed E-state index contributed by atoms with van der Waals surface area (Å²) >= 11 is 0. The predicted octanol–water partition coefficient (Wildman–Crippen LogP) is 9.52. The molecule has 16 heteroatoms. The van der Waals surface area contributed by atoms with Gasteiger partial charge in [0.1, 0.15) is 30.2 Å². The number of ether oxygens (including phenoxy) is 1. The molecule has 7 aromatic rings. The molecule has 0 spiro atoms. The molecule has 0 aromatic heterocycles. The van der Waals surface area contributed by atoms with E-state index < -0.39 is 43.9 Å².